The smallest absolute Gasteiger partial charge is 0.256 e. The van der Waals surface area contributed by atoms with Crippen molar-refractivity contribution in [3.05, 3.63) is 71.0 Å². The molecule has 1 atom stereocenters. The summed E-state index contributed by atoms with van der Waals surface area (Å²) in [5.74, 6) is -1.59. The van der Waals surface area contributed by atoms with Crippen LogP contribution < -0.4 is 5.32 Å². The van der Waals surface area contributed by atoms with Gasteiger partial charge in [0.05, 0.1) is 18.8 Å². The van der Waals surface area contributed by atoms with Gasteiger partial charge in [0.25, 0.3) is 11.8 Å². The van der Waals surface area contributed by atoms with Crippen LogP contribution in [0.2, 0.25) is 0 Å². The molecule has 1 unspecified atom stereocenters. The van der Waals surface area contributed by atoms with E-state index in [1.807, 2.05) is 13.0 Å². The summed E-state index contributed by atoms with van der Waals surface area (Å²) in [6.07, 6.45) is 0.624. The molecule has 0 bridgehead atoms. The Morgan fingerprint density at radius 2 is 1.86 bits per heavy atom. The fourth-order valence-electron chi connectivity index (χ4n) is 4.74. The van der Waals surface area contributed by atoms with Gasteiger partial charge in [-0.2, -0.15) is 0 Å². The summed E-state index contributed by atoms with van der Waals surface area (Å²) in [6.45, 7) is 3.15. The molecular weight excluding hydrogens is 453 g/mol. The Balaban J connectivity index is 1.57. The molecule has 9 heteroatoms. The summed E-state index contributed by atoms with van der Waals surface area (Å²) in [5.41, 5.74) is 0.376. The summed E-state index contributed by atoms with van der Waals surface area (Å²) in [6, 6.07) is 12.3. The first-order chi connectivity index (χ1) is 16.9. The van der Waals surface area contributed by atoms with Crippen molar-refractivity contribution < 1.29 is 28.2 Å². The molecule has 2 aliphatic rings. The molecule has 186 valence electrons. The topological polar surface area (TPSA) is 88.2 Å². The third kappa shape index (κ3) is 5.06. The maximum Gasteiger partial charge on any atom is 0.256 e. The van der Waals surface area contributed by atoms with Crippen molar-refractivity contribution in [1.29, 1.82) is 0 Å². The number of likely N-dealkylation sites (tertiary alicyclic amines) is 1. The number of ether oxygens (including phenoxy) is 2. The first-order valence-corrected chi connectivity index (χ1v) is 11.7. The van der Waals surface area contributed by atoms with Gasteiger partial charge in [-0.1, -0.05) is 29.8 Å². The quantitative estimate of drug-likeness (QED) is 0.638. The van der Waals surface area contributed by atoms with Crippen molar-refractivity contribution in [3.63, 3.8) is 0 Å². The van der Waals surface area contributed by atoms with E-state index in [0.717, 1.165) is 5.56 Å². The minimum atomic E-state index is -1.03. The largest absolute Gasteiger partial charge is 0.383 e. The van der Waals surface area contributed by atoms with E-state index >= 15 is 0 Å². The van der Waals surface area contributed by atoms with Crippen molar-refractivity contribution in [2.24, 2.45) is 0 Å². The standard InChI is InChI=1S/C26H30FN3O5/c1-18-6-5-7-19(16-18)24(32)30-22(23(31)28-12-15-34-2)17-35-26(30)10-13-29(14-11-26)25(33)20-8-3-4-9-21(20)27/h3-9,16,22H,10-15,17H2,1-2H3,(H,28,31). The summed E-state index contributed by atoms with van der Waals surface area (Å²) in [5, 5.41) is 2.81. The number of carbonyl (C=O) groups is 3. The minimum absolute atomic E-state index is 0.0129. The van der Waals surface area contributed by atoms with Gasteiger partial charge in [-0.05, 0) is 31.2 Å². The van der Waals surface area contributed by atoms with Crippen LogP contribution in [-0.4, -0.2) is 79.2 Å². The molecule has 4 rings (SSSR count). The Kier molecular flexibility index (Phi) is 7.47. The zero-order chi connectivity index (χ0) is 25.0. The van der Waals surface area contributed by atoms with Gasteiger partial charge >= 0.3 is 0 Å². The third-order valence-electron chi connectivity index (χ3n) is 6.59. The van der Waals surface area contributed by atoms with E-state index in [-0.39, 0.29) is 37.1 Å². The van der Waals surface area contributed by atoms with Crippen molar-refractivity contribution in [2.75, 3.05) is 40.0 Å². The number of nitrogens with one attached hydrogen (secondary N) is 1. The highest BCUT2D eigenvalue weighted by Crippen LogP contribution is 2.39. The van der Waals surface area contributed by atoms with Gasteiger partial charge in [-0.25, -0.2) is 4.39 Å². The molecule has 2 fully saturated rings. The number of halogens is 1. The van der Waals surface area contributed by atoms with Crippen molar-refractivity contribution >= 4 is 17.7 Å². The average molecular weight is 484 g/mol. The lowest BCUT2D eigenvalue weighted by molar-refractivity contribution is -0.128. The van der Waals surface area contributed by atoms with Gasteiger partial charge in [0.1, 0.15) is 17.6 Å². The first kappa shape index (κ1) is 24.8. The van der Waals surface area contributed by atoms with Crippen molar-refractivity contribution in [3.8, 4) is 0 Å². The fraction of sp³-hybridized carbons (Fsp3) is 0.423. The SMILES string of the molecule is COCCNC(=O)C1COC2(CCN(C(=O)c3ccccc3F)CC2)N1C(=O)c1cccc(C)c1. The van der Waals surface area contributed by atoms with E-state index in [0.29, 0.717) is 31.6 Å². The third-order valence-corrected chi connectivity index (χ3v) is 6.59. The average Bonchev–Trinajstić information content (AvgIpc) is 3.22. The second-order valence-electron chi connectivity index (χ2n) is 8.87. The lowest BCUT2D eigenvalue weighted by Gasteiger charge is -2.44. The van der Waals surface area contributed by atoms with E-state index in [1.165, 1.54) is 23.1 Å². The maximum absolute atomic E-state index is 14.2. The van der Waals surface area contributed by atoms with Crippen LogP contribution in [-0.2, 0) is 14.3 Å². The lowest BCUT2D eigenvalue weighted by Crippen LogP contribution is -2.60. The second-order valence-corrected chi connectivity index (χ2v) is 8.87. The lowest BCUT2D eigenvalue weighted by atomic mass is 9.95. The van der Waals surface area contributed by atoms with Crippen molar-refractivity contribution in [2.45, 2.75) is 31.5 Å². The Bertz CT molecular complexity index is 1100. The predicted octanol–water partition coefficient (Wildman–Crippen LogP) is 2.37. The van der Waals surface area contributed by atoms with Crippen LogP contribution in [0.15, 0.2) is 48.5 Å². The zero-order valence-corrected chi connectivity index (χ0v) is 20.0. The second kappa shape index (κ2) is 10.5. The molecule has 35 heavy (non-hydrogen) atoms. The molecule has 1 N–H and O–H groups in total. The van der Waals surface area contributed by atoms with E-state index in [1.54, 1.807) is 36.3 Å². The van der Waals surface area contributed by atoms with E-state index in [2.05, 4.69) is 5.32 Å². The van der Waals surface area contributed by atoms with E-state index in [4.69, 9.17) is 9.47 Å². The molecule has 1 spiro atoms. The molecule has 2 saturated heterocycles. The van der Waals surface area contributed by atoms with Crippen LogP contribution in [0.1, 0.15) is 39.1 Å². The van der Waals surface area contributed by atoms with Gasteiger partial charge < -0.3 is 19.7 Å². The molecule has 3 amide bonds. The van der Waals surface area contributed by atoms with Crippen LogP contribution in [0.4, 0.5) is 4.39 Å². The number of hydrogen-bond acceptors (Lipinski definition) is 5. The molecule has 8 nitrogen and oxygen atoms in total. The number of amides is 3. The van der Waals surface area contributed by atoms with Crippen LogP contribution in [0, 0.1) is 12.7 Å². The summed E-state index contributed by atoms with van der Waals surface area (Å²) < 4.78 is 25.3. The van der Waals surface area contributed by atoms with Gasteiger partial charge in [-0.15, -0.1) is 0 Å². The minimum Gasteiger partial charge on any atom is -0.383 e. The van der Waals surface area contributed by atoms with Gasteiger partial charge in [0, 0.05) is 45.1 Å². The number of methoxy groups -OCH3 is 1. The van der Waals surface area contributed by atoms with Crippen LogP contribution >= 0.6 is 0 Å². The molecule has 0 saturated carbocycles. The van der Waals surface area contributed by atoms with Crippen LogP contribution in [0.3, 0.4) is 0 Å². The van der Waals surface area contributed by atoms with E-state index in [9.17, 15) is 18.8 Å². The van der Waals surface area contributed by atoms with Crippen LogP contribution in [0.25, 0.3) is 0 Å². The Morgan fingerprint density at radius 1 is 1.11 bits per heavy atom. The fourth-order valence-corrected chi connectivity index (χ4v) is 4.74. The monoisotopic (exact) mass is 483 g/mol. The Hall–Kier alpha value is -3.30. The normalized spacial score (nSPS) is 19.1. The number of rotatable bonds is 6. The van der Waals surface area contributed by atoms with Gasteiger partial charge in [-0.3, -0.25) is 19.3 Å². The molecule has 0 radical (unpaired) electrons. The highest BCUT2D eigenvalue weighted by molar-refractivity contribution is 5.99. The van der Waals surface area contributed by atoms with Crippen LogP contribution in [0.5, 0.6) is 0 Å². The Morgan fingerprint density at radius 3 is 2.54 bits per heavy atom. The molecule has 2 aromatic rings. The van der Waals surface area contributed by atoms with Crippen molar-refractivity contribution in [1.82, 2.24) is 15.1 Å². The zero-order valence-electron chi connectivity index (χ0n) is 20.0. The predicted molar refractivity (Wildman–Crippen MR) is 126 cm³/mol. The summed E-state index contributed by atoms with van der Waals surface area (Å²) in [4.78, 5) is 42.7. The highest BCUT2D eigenvalue weighted by atomic mass is 19.1. The molecule has 2 aromatic carbocycles. The number of carbonyl (C=O) groups excluding carboxylic acids is 3. The highest BCUT2D eigenvalue weighted by Gasteiger charge is 2.54. The van der Waals surface area contributed by atoms with Gasteiger partial charge in [0.2, 0.25) is 5.91 Å². The maximum atomic E-state index is 14.2. The number of piperidine rings is 1. The first-order valence-electron chi connectivity index (χ1n) is 11.7. The molecular formula is C26H30FN3O5. The van der Waals surface area contributed by atoms with E-state index < -0.39 is 23.5 Å². The molecule has 0 aliphatic carbocycles. The number of hydrogen-bond donors (Lipinski definition) is 1. The summed E-state index contributed by atoms with van der Waals surface area (Å²) >= 11 is 0. The number of benzene rings is 2. The van der Waals surface area contributed by atoms with Gasteiger partial charge in [0.15, 0.2) is 0 Å². The molecule has 2 heterocycles. The Labute approximate surface area is 204 Å². The molecule has 2 aliphatic heterocycles. The molecule has 0 aromatic heterocycles. The number of nitrogens with zero attached hydrogens (tertiary/aromatic N) is 2. The number of aryl methyl sites for hydroxylation is 1. The summed E-state index contributed by atoms with van der Waals surface area (Å²) in [7, 11) is 1.55.